The molecule has 3 heterocycles. The van der Waals surface area contributed by atoms with E-state index in [4.69, 9.17) is 0 Å². The van der Waals surface area contributed by atoms with Gasteiger partial charge in [0.25, 0.3) is 5.91 Å². The third-order valence-corrected chi connectivity index (χ3v) is 5.89. The summed E-state index contributed by atoms with van der Waals surface area (Å²) in [4.78, 5) is 22.6. The summed E-state index contributed by atoms with van der Waals surface area (Å²) in [6, 6.07) is 2.00. The Balaban J connectivity index is 1.78. The average Bonchev–Trinajstić information content (AvgIpc) is 3.10. The van der Waals surface area contributed by atoms with Crippen LogP contribution in [0.2, 0.25) is 0 Å². The number of carbonyl (C=O) groups excluding carboxylic acids is 1. The van der Waals surface area contributed by atoms with Gasteiger partial charge in [0.1, 0.15) is 10.7 Å². The van der Waals surface area contributed by atoms with Crippen LogP contribution >= 0.6 is 49.9 Å². The van der Waals surface area contributed by atoms with Crippen molar-refractivity contribution in [2.24, 2.45) is 0 Å². The van der Waals surface area contributed by atoms with Gasteiger partial charge in [0.2, 0.25) is 0 Å². The molecular formula is C12H8BrN3OS3. The van der Waals surface area contributed by atoms with E-state index in [-0.39, 0.29) is 5.91 Å². The molecule has 3 aromatic rings. The maximum absolute atomic E-state index is 12.1. The minimum absolute atomic E-state index is 0.225. The van der Waals surface area contributed by atoms with Crippen molar-refractivity contribution in [1.82, 2.24) is 9.97 Å². The second-order valence-corrected chi connectivity index (χ2v) is 7.82. The Morgan fingerprint density at radius 3 is 2.85 bits per heavy atom. The zero-order chi connectivity index (χ0) is 14.1. The number of hydrogen-bond donors (Lipinski definition) is 1. The van der Waals surface area contributed by atoms with Gasteiger partial charge >= 0.3 is 0 Å². The first-order valence-electron chi connectivity index (χ1n) is 5.55. The van der Waals surface area contributed by atoms with Gasteiger partial charge in [0.05, 0.1) is 4.88 Å². The topological polar surface area (TPSA) is 54.9 Å². The highest BCUT2D eigenvalue weighted by Crippen LogP contribution is 2.32. The Morgan fingerprint density at radius 2 is 2.20 bits per heavy atom. The normalized spacial score (nSPS) is 10.7. The second kappa shape index (κ2) is 5.72. The standard InChI is InChI=1S/C12H8BrN3OS3/c1-6-3-14-12(20-6)16-10(17)8-5-19-11(15-8)9-2-7(13)4-18-9/h2-5H,1H3,(H,14,16,17). The van der Waals surface area contributed by atoms with Crippen LogP contribution < -0.4 is 5.32 Å². The third kappa shape index (κ3) is 2.98. The molecule has 4 nitrogen and oxygen atoms in total. The molecule has 1 N–H and O–H groups in total. The lowest BCUT2D eigenvalue weighted by atomic mass is 10.4. The van der Waals surface area contributed by atoms with Gasteiger partial charge in [-0.25, -0.2) is 9.97 Å². The number of nitrogens with zero attached hydrogens (tertiary/aromatic N) is 2. The fraction of sp³-hybridized carbons (Fsp3) is 0.0833. The van der Waals surface area contributed by atoms with Crippen molar-refractivity contribution in [2.75, 3.05) is 5.32 Å². The number of hydrogen-bond acceptors (Lipinski definition) is 6. The number of thiazole rings is 2. The van der Waals surface area contributed by atoms with Crippen molar-refractivity contribution in [3.05, 3.63) is 38.1 Å². The van der Waals surface area contributed by atoms with E-state index in [1.54, 1.807) is 22.9 Å². The minimum atomic E-state index is -0.225. The van der Waals surface area contributed by atoms with Crippen LogP contribution in [0, 0.1) is 6.92 Å². The van der Waals surface area contributed by atoms with E-state index in [0.717, 1.165) is 19.2 Å². The van der Waals surface area contributed by atoms with E-state index in [2.05, 4.69) is 31.2 Å². The molecule has 102 valence electrons. The lowest BCUT2D eigenvalue weighted by Gasteiger charge is -1.96. The van der Waals surface area contributed by atoms with Crippen LogP contribution in [0.15, 0.2) is 27.5 Å². The molecule has 0 aliphatic heterocycles. The van der Waals surface area contributed by atoms with E-state index in [0.29, 0.717) is 10.8 Å². The number of carbonyl (C=O) groups is 1. The molecule has 8 heteroatoms. The van der Waals surface area contributed by atoms with E-state index in [9.17, 15) is 4.79 Å². The first-order chi connectivity index (χ1) is 9.61. The predicted molar refractivity (Wildman–Crippen MR) is 87.9 cm³/mol. The summed E-state index contributed by atoms with van der Waals surface area (Å²) in [5.74, 6) is -0.225. The van der Waals surface area contributed by atoms with Crippen LogP contribution in [-0.2, 0) is 0 Å². The summed E-state index contributed by atoms with van der Waals surface area (Å²) in [6.07, 6.45) is 1.73. The van der Waals surface area contributed by atoms with Crippen molar-refractivity contribution in [1.29, 1.82) is 0 Å². The largest absolute Gasteiger partial charge is 0.296 e. The molecule has 0 unspecified atom stereocenters. The highest BCUT2D eigenvalue weighted by molar-refractivity contribution is 9.10. The number of rotatable bonds is 3. The first kappa shape index (κ1) is 13.9. The van der Waals surface area contributed by atoms with Gasteiger partial charge in [-0.3, -0.25) is 10.1 Å². The van der Waals surface area contributed by atoms with E-state index < -0.39 is 0 Å². The smallest absolute Gasteiger partial charge is 0.276 e. The second-order valence-electron chi connectivity index (χ2n) is 3.90. The number of amides is 1. The summed E-state index contributed by atoms with van der Waals surface area (Å²) >= 11 is 7.91. The van der Waals surface area contributed by atoms with Crippen LogP contribution in [0.1, 0.15) is 15.4 Å². The predicted octanol–water partition coefficient (Wildman–Crippen LogP) is 4.65. The van der Waals surface area contributed by atoms with Crippen molar-refractivity contribution in [2.45, 2.75) is 6.92 Å². The molecule has 1 amide bonds. The summed E-state index contributed by atoms with van der Waals surface area (Å²) in [7, 11) is 0. The van der Waals surface area contributed by atoms with Crippen molar-refractivity contribution in [3.8, 4) is 9.88 Å². The van der Waals surface area contributed by atoms with Crippen LogP contribution in [-0.4, -0.2) is 15.9 Å². The number of nitrogens with one attached hydrogen (secondary N) is 1. The van der Waals surface area contributed by atoms with Gasteiger partial charge in [0, 0.05) is 26.3 Å². The van der Waals surface area contributed by atoms with E-state index in [1.165, 1.54) is 22.7 Å². The number of halogens is 1. The molecule has 0 saturated carbocycles. The Bertz CT molecular complexity index is 761. The molecule has 0 saturated heterocycles. The molecule has 0 aromatic carbocycles. The van der Waals surface area contributed by atoms with Gasteiger partial charge < -0.3 is 0 Å². The van der Waals surface area contributed by atoms with E-state index >= 15 is 0 Å². The SMILES string of the molecule is Cc1cnc(NC(=O)c2csc(-c3cc(Br)cs3)n2)s1. The Labute approximate surface area is 135 Å². The van der Waals surface area contributed by atoms with Gasteiger partial charge in [-0.2, -0.15) is 0 Å². The van der Waals surface area contributed by atoms with Gasteiger partial charge in [-0.05, 0) is 28.9 Å². The number of anilines is 1. The molecule has 0 fully saturated rings. The molecule has 0 bridgehead atoms. The minimum Gasteiger partial charge on any atom is -0.296 e. The molecule has 0 atom stereocenters. The quantitative estimate of drug-likeness (QED) is 0.713. The zero-order valence-electron chi connectivity index (χ0n) is 10.2. The van der Waals surface area contributed by atoms with Gasteiger partial charge in [-0.1, -0.05) is 0 Å². The zero-order valence-corrected chi connectivity index (χ0v) is 14.3. The van der Waals surface area contributed by atoms with Crippen LogP contribution in [0.4, 0.5) is 5.13 Å². The van der Waals surface area contributed by atoms with Crippen molar-refractivity contribution >= 4 is 61.0 Å². The molecule has 20 heavy (non-hydrogen) atoms. The molecule has 0 spiro atoms. The monoisotopic (exact) mass is 385 g/mol. The van der Waals surface area contributed by atoms with E-state index in [1.807, 2.05) is 18.4 Å². The molecule has 3 rings (SSSR count). The summed E-state index contributed by atoms with van der Waals surface area (Å²) in [6.45, 7) is 1.95. The van der Waals surface area contributed by atoms with Crippen LogP contribution in [0.25, 0.3) is 9.88 Å². The fourth-order valence-electron chi connectivity index (χ4n) is 1.49. The molecule has 0 aliphatic rings. The Morgan fingerprint density at radius 1 is 1.35 bits per heavy atom. The number of aryl methyl sites for hydroxylation is 1. The van der Waals surface area contributed by atoms with Crippen molar-refractivity contribution < 1.29 is 4.79 Å². The molecule has 0 aliphatic carbocycles. The molecule has 0 radical (unpaired) electrons. The third-order valence-electron chi connectivity index (χ3n) is 2.36. The average molecular weight is 386 g/mol. The summed E-state index contributed by atoms with van der Waals surface area (Å²) in [5, 5.41) is 7.96. The molecule has 3 aromatic heterocycles. The van der Waals surface area contributed by atoms with Gasteiger partial charge in [0.15, 0.2) is 5.13 Å². The Hall–Kier alpha value is -1.09. The lowest BCUT2D eigenvalue weighted by molar-refractivity contribution is 0.102. The molecular weight excluding hydrogens is 378 g/mol. The lowest BCUT2D eigenvalue weighted by Crippen LogP contribution is -2.11. The van der Waals surface area contributed by atoms with Crippen LogP contribution in [0.3, 0.4) is 0 Å². The number of thiophene rings is 1. The Kier molecular flexibility index (Phi) is 3.97. The maximum atomic E-state index is 12.1. The number of aromatic nitrogens is 2. The summed E-state index contributed by atoms with van der Waals surface area (Å²) < 4.78 is 1.02. The maximum Gasteiger partial charge on any atom is 0.276 e. The highest BCUT2D eigenvalue weighted by Gasteiger charge is 2.14. The summed E-state index contributed by atoms with van der Waals surface area (Å²) in [5.41, 5.74) is 0.419. The van der Waals surface area contributed by atoms with Crippen molar-refractivity contribution in [3.63, 3.8) is 0 Å². The van der Waals surface area contributed by atoms with Crippen LogP contribution in [0.5, 0.6) is 0 Å². The highest BCUT2D eigenvalue weighted by atomic mass is 79.9. The van der Waals surface area contributed by atoms with Gasteiger partial charge in [-0.15, -0.1) is 34.0 Å². The fourth-order valence-corrected chi connectivity index (χ4v) is 4.46. The first-order valence-corrected chi connectivity index (χ1v) is 8.92.